The molecule has 0 fully saturated rings. The van der Waals surface area contributed by atoms with Crippen LogP contribution in [0.1, 0.15) is 51.6 Å². The first-order chi connectivity index (χ1) is 12.5. The van der Waals surface area contributed by atoms with Gasteiger partial charge >= 0.3 is 0 Å². The molecule has 0 N–H and O–H groups in total. The maximum absolute atomic E-state index is 13.0. The highest BCUT2D eigenvalue weighted by atomic mass is 16.2. The molecule has 136 valence electrons. The predicted molar refractivity (Wildman–Crippen MR) is 105 cm³/mol. The first kappa shape index (κ1) is 18.2. The molecule has 3 rings (SSSR count). The fraction of sp³-hybridized carbons (Fsp3) is 0.364. The summed E-state index contributed by atoms with van der Waals surface area (Å²) in [5.74, 6) is 0.163. The lowest BCUT2D eigenvalue weighted by Gasteiger charge is -2.43. The molecule has 0 aromatic heterocycles. The van der Waals surface area contributed by atoms with Crippen LogP contribution in [-0.4, -0.2) is 17.9 Å². The van der Waals surface area contributed by atoms with Crippen LogP contribution >= 0.6 is 0 Å². The number of carbonyl (C=O) groups excluding carboxylic acids is 2. The van der Waals surface area contributed by atoms with Crippen molar-refractivity contribution in [1.82, 2.24) is 0 Å². The van der Waals surface area contributed by atoms with E-state index < -0.39 is 0 Å². The van der Waals surface area contributed by atoms with E-state index in [2.05, 4.69) is 6.92 Å². The molecule has 2 aromatic carbocycles. The zero-order valence-electron chi connectivity index (χ0n) is 15.7. The van der Waals surface area contributed by atoms with E-state index in [9.17, 15) is 9.59 Å². The van der Waals surface area contributed by atoms with E-state index in [4.69, 9.17) is 0 Å². The monoisotopic (exact) mass is 350 g/mol. The van der Waals surface area contributed by atoms with Gasteiger partial charge in [0.25, 0.3) is 0 Å². The molecule has 0 saturated heterocycles. The number of benzene rings is 2. The predicted octanol–water partition coefficient (Wildman–Crippen LogP) is 4.71. The van der Waals surface area contributed by atoms with Gasteiger partial charge in [-0.05, 0) is 43.5 Å². The number of hydrogen-bond acceptors (Lipinski definition) is 2. The normalized spacial score (nSPS) is 19.0. The SMILES string of the molecule is CCCC(=O)N(c1ccccc1)[C@@H]1C[C@@H](C)N(C(C)=O)c2ccccc21. The van der Waals surface area contributed by atoms with Crippen molar-refractivity contribution in [1.29, 1.82) is 0 Å². The van der Waals surface area contributed by atoms with E-state index in [0.29, 0.717) is 6.42 Å². The number of fused-ring (bicyclic) bond motifs is 1. The summed E-state index contributed by atoms with van der Waals surface area (Å²) in [7, 11) is 0. The van der Waals surface area contributed by atoms with E-state index in [1.807, 2.05) is 71.3 Å². The van der Waals surface area contributed by atoms with Crippen molar-refractivity contribution in [2.24, 2.45) is 0 Å². The Kier molecular flexibility index (Phi) is 5.40. The molecular weight excluding hydrogens is 324 g/mol. The van der Waals surface area contributed by atoms with Crippen LogP contribution in [0.5, 0.6) is 0 Å². The summed E-state index contributed by atoms with van der Waals surface area (Å²) in [4.78, 5) is 29.0. The molecule has 2 atom stereocenters. The third-order valence-corrected chi connectivity index (χ3v) is 4.98. The third kappa shape index (κ3) is 3.36. The summed E-state index contributed by atoms with van der Waals surface area (Å²) >= 11 is 0. The van der Waals surface area contributed by atoms with E-state index in [0.717, 1.165) is 29.8 Å². The van der Waals surface area contributed by atoms with Gasteiger partial charge < -0.3 is 9.80 Å². The Hall–Kier alpha value is -2.62. The van der Waals surface area contributed by atoms with E-state index in [-0.39, 0.29) is 23.9 Å². The Morgan fingerprint density at radius 3 is 2.38 bits per heavy atom. The highest BCUT2D eigenvalue weighted by Gasteiger charge is 2.37. The highest BCUT2D eigenvalue weighted by molar-refractivity contribution is 5.97. The fourth-order valence-electron chi connectivity index (χ4n) is 3.93. The van der Waals surface area contributed by atoms with E-state index >= 15 is 0 Å². The minimum absolute atomic E-state index is 0.0352. The Balaban J connectivity index is 2.11. The van der Waals surface area contributed by atoms with Gasteiger partial charge in [-0.15, -0.1) is 0 Å². The number of rotatable bonds is 4. The van der Waals surface area contributed by atoms with Crippen molar-refractivity contribution < 1.29 is 9.59 Å². The van der Waals surface area contributed by atoms with Gasteiger partial charge in [0.05, 0.1) is 6.04 Å². The second-order valence-electron chi connectivity index (χ2n) is 6.90. The van der Waals surface area contributed by atoms with Crippen molar-refractivity contribution in [2.75, 3.05) is 9.80 Å². The summed E-state index contributed by atoms with van der Waals surface area (Å²) < 4.78 is 0. The molecule has 1 aliphatic heterocycles. The molecule has 0 bridgehead atoms. The van der Waals surface area contributed by atoms with Gasteiger partial charge in [0.1, 0.15) is 0 Å². The molecule has 0 radical (unpaired) electrons. The molecule has 4 nitrogen and oxygen atoms in total. The molecular formula is C22H26N2O2. The van der Waals surface area contributed by atoms with Gasteiger partial charge in [0.2, 0.25) is 11.8 Å². The molecule has 1 heterocycles. The number of amides is 2. The van der Waals surface area contributed by atoms with Crippen molar-refractivity contribution in [2.45, 2.75) is 52.1 Å². The average Bonchev–Trinajstić information content (AvgIpc) is 2.62. The van der Waals surface area contributed by atoms with Crippen LogP contribution in [0.3, 0.4) is 0 Å². The standard InChI is InChI=1S/C22H26N2O2/c1-4-10-22(26)24(18-11-6-5-7-12-18)21-15-16(2)23(17(3)25)20-14-9-8-13-19(20)21/h5-9,11-14,16,21H,4,10,15H2,1-3H3/t16-,21-/m1/s1. The summed E-state index contributed by atoms with van der Waals surface area (Å²) in [6.45, 7) is 5.68. The van der Waals surface area contributed by atoms with E-state index in [1.165, 1.54) is 0 Å². The molecule has 0 saturated carbocycles. The zero-order chi connectivity index (χ0) is 18.7. The number of hydrogen-bond donors (Lipinski definition) is 0. The second kappa shape index (κ2) is 7.73. The van der Waals surface area contributed by atoms with Gasteiger partial charge in [-0.25, -0.2) is 0 Å². The first-order valence-electron chi connectivity index (χ1n) is 9.30. The quantitative estimate of drug-likeness (QED) is 0.801. The minimum atomic E-state index is -0.0711. The van der Waals surface area contributed by atoms with E-state index in [1.54, 1.807) is 6.92 Å². The van der Waals surface area contributed by atoms with Crippen molar-refractivity contribution in [3.05, 3.63) is 60.2 Å². The average molecular weight is 350 g/mol. The second-order valence-corrected chi connectivity index (χ2v) is 6.90. The minimum Gasteiger partial charge on any atom is -0.309 e. The van der Waals surface area contributed by atoms with Crippen molar-refractivity contribution >= 4 is 23.2 Å². The Morgan fingerprint density at radius 2 is 1.73 bits per heavy atom. The summed E-state index contributed by atoms with van der Waals surface area (Å²) in [5.41, 5.74) is 2.86. The molecule has 0 aliphatic carbocycles. The zero-order valence-corrected chi connectivity index (χ0v) is 15.7. The molecule has 4 heteroatoms. The number of para-hydroxylation sites is 2. The summed E-state index contributed by atoms with van der Waals surface area (Å²) in [6.07, 6.45) is 2.05. The number of carbonyl (C=O) groups is 2. The molecule has 1 aliphatic rings. The molecule has 0 spiro atoms. The fourth-order valence-corrected chi connectivity index (χ4v) is 3.93. The number of anilines is 2. The van der Waals surface area contributed by atoms with Crippen molar-refractivity contribution in [3.8, 4) is 0 Å². The topological polar surface area (TPSA) is 40.6 Å². The summed E-state index contributed by atoms with van der Waals surface area (Å²) in [6, 6.07) is 17.8. The van der Waals surface area contributed by atoms with Crippen LogP contribution in [-0.2, 0) is 9.59 Å². The largest absolute Gasteiger partial charge is 0.309 e. The summed E-state index contributed by atoms with van der Waals surface area (Å²) in [5, 5.41) is 0. The number of nitrogens with zero attached hydrogens (tertiary/aromatic N) is 2. The Labute approximate surface area is 155 Å². The smallest absolute Gasteiger partial charge is 0.227 e. The van der Waals surface area contributed by atoms with Gasteiger partial charge in [0.15, 0.2) is 0 Å². The molecule has 0 unspecified atom stereocenters. The Bertz CT molecular complexity index is 788. The Morgan fingerprint density at radius 1 is 1.08 bits per heavy atom. The first-order valence-corrected chi connectivity index (χ1v) is 9.30. The van der Waals surface area contributed by atoms with Crippen LogP contribution in [0.15, 0.2) is 54.6 Å². The maximum atomic E-state index is 13.0. The molecule has 2 amide bonds. The highest BCUT2D eigenvalue weighted by Crippen LogP contribution is 2.42. The van der Waals surface area contributed by atoms with Crippen molar-refractivity contribution in [3.63, 3.8) is 0 Å². The van der Waals surface area contributed by atoms with Gasteiger partial charge in [-0.2, -0.15) is 0 Å². The van der Waals surface area contributed by atoms with Gasteiger partial charge in [0, 0.05) is 30.8 Å². The van der Waals surface area contributed by atoms with Crippen LogP contribution in [0.25, 0.3) is 0 Å². The maximum Gasteiger partial charge on any atom is 0.227 e. The van der Waals surface area contributed by atoms with Gasteiger partial charge in [-0.1, -0.05) is 43.3 Å². The molecule has 26 heavy (non-hydrogen) atoms. The lowest BCUT2D eigenvalue weighted by molar-refractivity contribution is -0.119. The third-order valence-electron chi connectivity index (χ3n) is 4.98. The molecule has 2 aromatic rings. The van der Waals surface area contributed by atoms with Crippen LogP contribution in [0, 0.1) is 0 Å². The van der Waals surface area contributed by atoms with Crippen LogP contribution in [0.2, 0.25) is 0 Å². The van der Waals surface area contributed by atoms with Crippen LogP contribution in [0.4, 0.5) is 11.4 Å². The van der Waals surface area contributed by atoms with Gasteiger partial charge in [-0.3, -0.25) is 9.59 Å². The lowest BCUT2D eigenvalue weighted by Crippen LogP contribution is -2.47. The lowest BCUT2D eigenvalue weighted by atomic mass is 9.89. The van der Waals surface area contributed by atoms with Crippen LogP contribution < -0.4 is 9.80 Å².